The van der Waals surface area contributed by atoms with Crippen LogP contribution >= 0.6 is 0 Å². The molecule has 17 heavy (non-hydrogen) atoms. The molecule has 0 aliphatic rings. The minimum absolute atomic E-state index is 0.0710. The Balaban J connectivity index is 1.99. The smallest absolute Gasteiger partial charge is 0.0682 e. The lowest BCUT2D eigenvalue weighted by molar-refractivity contribution is 0.282. The summed E-state index contributed by atoms with van der Waals surface area (Å²) >= 11 is 0. The zero-order valence-electron chi connectivity index (χ0n) is 9.85. The number of nitrogens with zero attached hydrogens (tertiary/aromatic N) is 1. The molecular formula is C14H16N2O. The largest absolute Gasteiger partial charge is 0.392 e. The molecule has 0 saturated heterocycles. The molecule has 3 heteroatoms. The third-order valence-electron chi connectivity index (χ3n) is 2.58. The standard InChI is InChI=1S/C14H16N2O/c1-11-5-6-13(8-15-11)9-16-14-4-2-3-12(7-14)10-17/h2-8,16-17H,9-10H2,1H3. The Kier molecular flexibility index (Phi) is 3.73. The van der Waals surface area contributed by atoms with Gasteiger partial charge < -0.3 is 10.4 Å². The SMILES string of the molecule is Cc1ccc(CNc2cccc(CO)c2)cn1. The van der Waals surface area contributed by atoms with E-state index < -0.39 is 0 Å². The summed E-state index contributed by atoms with van der Waals surface area (Å²) in [6.07, 6.45) is 1.87. The van der Waals surface area contributed by atoms with Gasteiger partial charge in [0.15, 0.2) is 0 Å². The first-order valence-electron chi connectivity index (χ1n) is 5.63. The van der Waals surface area contributed by atoms with Gasteiger partial charge in [-0.3, -0.25) is 4.98 Å². The van der Waals surface area contributed by atoms with Crippen LogP contribution in [0.25, 0.3) is 0 Å². The van der Waals surface area contributed by atoms with Gasteiger partial charge in [-0.1, -0.05) is 18.2 Å². The summed E-state index contributed by atoms with van der Waals surface area (Å²) in [4.78, 5) is 4.25. The van der Waals surface area contributed by atoms with Crippen molar-refractivity contribution in [3.8, 4) is 0 Å². The molecule has 0 atom stereocenters. The van der Waals surface area contributed by atoms with Crippen LogP contribution in [-0.2, 0) is 13.2 Å². The number of aliphatic hydroxyl groups is 1. The van der Waals surface area contributed by atoms with E-state index >= 15 is 0 Å². The van der Waals surface area contributed by atoms with Crippen molar-refractivity contribution in [2.24, 2.45) is 0 Å². The molecule has 1 aromatic carbocycles. The number of pyridine rings is 1. The van der Waals surface area contributed by atoms with Crippen molar-refractivity contribution >= 4 is 5.69 Å². The first kappa shape index (κ1) is 11.6. The van der Waals surface area contributed by atoms with Gasteiger partial charge in [0.1, 0.15) is 0 Å². The van der Waals surface area contributed by atoms with E-state index in [-0.39, 0.29) is 6.61 Å². The van der Waals surface area contributed by atoms with Crippen molar-refractivity contribution in [2.75, 3.05) is 5.32 Å². The molecule has 0 fully saturated rings. The topological polar surface area (TPSA) is 45.1 Å². The van der Waals surface area contributed by atoms with Crippen LogP contribution in [0.15, 0.2) is 42.6 Å². The molecule has 1 aromatic heterocycles. The number of aliphatic hydroxyl groups excluding tert-OH is 1. The fourth-order valence-electron chi connectivity index (χ4n) is 1.59. The maximum atomic E-state index is 9.04. The highest BCUT2D eigenvalue weighted by atomic mass is 16.3. The van der Waals surface area contributed by atoms with Crippen LogP contribution in [-0.4, -0.2) is 10.1 Å². The second-order valence-electron chi connectivity index (χ2n) is 4.02. The number of aryl methyl sites for hydroxylation is 1. The molecule has 2 rings (SSSR count). The van der Waals surface area contributed by atoms with Crippen LogP contribution in [0.4, 0.5) is 5.69 Å². The molecule has 0 aliphatic carbocycles. The molecule has 0 radical (unpaired) electrons. The van der Waals surface area contributed by atoms with Gasteiger partial charge in [-0.15, -0.1) is 0 Å². The highest BCUT2D eigenvalue weighted by Gasteiger charge is 1.96. The molecule has 3 nitrogen and oxygen atoms in total. The summed E-state index contributed by atoms with van der Waals surface area (Å²) in [6.45, 7) is 2.78. The van der Waals surface area contributed by atoms with Gasteiger partial charge >= 0.3 is 0 Å². The van der Waals surface area contributed by atoms with E-state index in [1.165, 1.54) is 0 Å². The van der Waals surface area contributed by atoms with Crippen molar-refractivity contribution in [3.05, 3.63) is 59.4 Å². The fraction of sp³-hybridized carbons (Fsp3) is 0.214. The van der Waals surface area contributed by atoms with Crippen LogP contribution in [0.2, 0.25) is 0 Å². The first-order valence-corrected chi connectivity index (χ1v) is 5.63. The van der Waals surface area contributed by atoms with E-state index in [4.69, 9.17) is 5.11 Å². The molecule has 0 saturated carbocycles. The van der Waals surface area contributed by atoms with Gasteiger partial charge in [0, 0.05) is 24.1 Å². The Morgan fingerprint density at radius 1 is 1.18 bits per heavy atom. The summed E-state index contributed by atoms with van der Waals surface area (Å²) < 4.78 is 0. The lowest BCUT2D eigenvalue weighted by Gasteiger charge is -2.07. The number of rotatable bonds is 4. The second-order valence-corrected chi connectivity index (χ2v) is 4.02. The van der Waals surface area contributed by atoms with Crippen molar-refractivity contribution in [3.63, 3.8) is 0 Å². The van der Waals surface area contributed by atoms with Crippen LogP contribution in [0.3, 0.4) is 0 Å². The Morgan fingerprint density at radius 3 is 2.76 bits per heavy atom. The molecule has 0 unspecified atom stereocenters. The number of nitrogens with one attached hydrogen (secondary N) is 1. The minimum Gasteiger partial charge on any atom is -0.392 e. The number of hydrogen-bond donors (Lipinski definition) is 2. The Hall–Kier alpha value is -1.87. The van der Waals surface area contributed by atoms with Crippen molar-refractivity contribution < 1.29 is 5.11 Å². The molecule has 0 amide bonds. The van der Waals surface area contributed by atoms with E-state index in [2.05, 4.69) is 16.4 Å². The van der Waals surface area contributed by atoms with Gasteiger partial charge in [0.05, 0.1) is 6.61 Å². The Morgan fingerprint density at radius 2 is 2.06 bits per heavy atom. The zero-order valence-corrected chi connectivity index (χ0v) is 9.85. The quantitative estimate of drug-likeness (QED) is 0.845. The lowest BCUT2D eigenvalue weighted by Crippen LogP contribution is -2.00. The van der Waals surface area contributed by atoms with Crippen molar-refractivity contribution in [1.82, 2.24) is 4.98 Å². The van der Waals surface area contributed by atoms with Crippen LogP contribution < -0.4 is 5.32 Å². The van der Waals surface area contributed by atoms with E-state index in [0.717, 1.165) is 29.1 Å². The average Bonchev–Trinajstić information content (AvgIpc) is 2.38. The number of hydrogen-bond acceptors (Lipinski definition) is 3. The molecule has 2 aromatic rings. The maximum Gasteiger partial charge on any atom is 0.0682 e. The summed E-state index contributed by atoms with van der Waals surface area (Å²) in [7, 11) is 0. The van der Waals surface area contributed by atoms with E-state index in [1.807, 2.05) is 43.5 Å². The third-order valence-corrected chi connectivity index (χ3v) is 2.58. The third kappa shape index (κ3) is 3.29. The van der Waals surface area contributed by atoms with Gasteiger partial charge in [0.2, 0.25) is 0 Å². The van der Waals surface area contributed by atoms with Crippen LogP contribution in [0.1, 0.15) is 16.8 Å². The lowest BCUT2D eigenvalue weighted by atomic mass is 10.2. The van der Waals surface area contributed by atoms with Crippen LogP contribution in [0, 0.1) is 6.92 Å². The monoisotopic (exact) mass is 228 g/mol. The van der Waals surface area contributed by atoms with Gasteiger partial charge in [0.25, 0.3) is 0 Å². The molecular weight excluding hydrogens is 212 g/mol. The average molecular weight is 228 g/mol. The van der Waals surface area contributed by atoms with E-state index in [1.54, 1.807) is 0 Å². The molecule has 1 heterocycles. The summed E-state index contributed by atoms with van der Waals surface area (Å²) in [5.41, 5.74) is 4.09. The summed E-state index contributed by atoms with van der Waals surface area (Å²) in [5.74, 6) is 0. The Labute approximate surface area is 101 Å². The normalized spacial score (nSPS) is 10.2. The molecule has 0 spiro atoms. The van der Waals surface area contributed by atoms with Gasteiger partial charge in [-0.05, 0) is 36.2 Å². The van der Waals surface area contributed by atoms with Gasteiger partial charge in [-0.25, -0.2) is 0 Å². The maximum absolute atomic E-state index is 9.04. The zero-order chi connectivity index (χ0) is 12.1. The predicted octanol–water partition coefficient (Wildman–Crippen LogP) is 2.49. The molecule has 0 bridgehead atoms. The Bertz CT molecular complexity index is 480. The highest BCUT2D eigenvalue weighted by Crippen LogP contribution is 2.12. The molecule has 88 valence electrons. The fourth-order valence-corrected chi connectivity index (χ4v) is 1.59. The summed E-state index contributed by atoms with van der Waals surface area (Å²) in [6, 6.07) is 11.8. The van der Waals surface area contributed by atoms with Crippen molar-refractivity contribution in [2.45, 2.75) is 20.1 Å². The van der Waals surface area contributed by atoms with Gasteiger partial charge in [-0.2, -0.15) is 0 Å². The molecule has 2 N–H and O–H groups in total. The number of anilines is 1. The highest BCUT2D eigenvalue weighted by molar-refractivity contribution is 5.46. The summed E-state index contributed by atoms with van der Waals surface area (Å²) in [5, 5.41) is 12.3. The number of aromatic nitrogens is 1. The second kappa shape index (κ2) is 5.46. The molecule has 0 aliphatic heterocycles. The van der Waals surface area contributed by atoms with Crippen molar-refractivity contribution in [1.29, 1.82) is 0 Å². The number of benzene rings is 1. The van der Waals surface area contributed by atoms with Crippen LogP contribution in [0.5, 0.6) is 0 Å². The predicted molar refractivity (Wildman–Crippen MR) is 68.7 cm³/mol. The minimum atomic E-state index is 0.0710. The van der Waals surface area contributed by atoms with E-state index in [0.29, 0.717) is 0 Å². The first-order chi connectivity index (χ1) is 8.28. The van der Waals surface area contributed by atoms with E-state index in [9.17, 15) is 0 Å².